The first-order valence-corrected chi connectivity index (χ1v) is 7.29. The van der Waals surface area contributed by atoms with E-state index in [-0.39, 0.29) is 5.71 Å². The summed E-state index contributed by atoms with van der Waals surface area (Å²) in [7, 11) is 0. The van der Waals surface area contributed by atoms with E-state index in [2.05, 4.69) is 15.4 Å². The molecule has 0 atom stereocenters. The molecule has 0 bridgehead atoms. The topological polar surface area (TPSA) is 110 Å². The molecule has 0 saturated carbocycles. The molecular formula is C17H16N6O. The number of pyridine rings is 1. The van der Waals surface area contributed by atoms with Gasteiger partial charge >= 0.3 is 0 Å². The minimum atomic E-state index is -0.531. The Morgan fingerprint density at radius 2 is 1.96 bits per heavy atom. The summed E-state index contributed by atoms with van der Waals surface area (Å²) in [5.41, 5.74) is 7.98. The van der Waals surface area contributed by atoms with Crippen molar-refractivity contribution in [3.05, 3.63) is 72.3 Å². The molecule has 1 amide bonds. The number of amides is 1. The second kappa shape index (κ2) is 6.74. The van der Waals surface area contributed by atoms with Crippen LogP contribution in [0, 0.1) is 5.41 Å². The van der Waals surface area contributed by atoms with Crippen molar-refractivity contribution in [3.8, 4) is 0 Å². The number of carbonyl (C=O) groups is 1. The number of nitrogens with two attached hydrogens (primary N) is 1. The van der Waals surface area contributed by atoms with Crippen LogP contribution in [0.3, 0.4) is 0 Å². The fourth-order valence-corrected chi connectivity index (χ4v) is 2.23. The normalized spacial score (nSPS) is 10.3. The number of para-hydroxylation sites is 1. The van der Waals surface area contributed by atoms with Crippen LogP contribution in [0.15, 0.2) is 61.2 Å². The summed E-state index contributed by atoms with van der Waals surface area (Å²) in [6.45, 7) is 0.571. The molecule has 7 heteroatoms. The van der Waals surface area contributed by atoms with E-state index < -0.39 is 5.91 Å². The number of benzene rings is 1. The Kier molecular flexibility index (Phi) is 4.33. The molecule has 2 aromatic heterocycles. The predicted molar refractivity (Wildman–Crippen MR) is 91.9 cm³/mol. The quantitative estimate of drug-likeness (QED) is 0.492. The Bertz CT molecular complexity index is 872. The molecule has 120 valence electrons. The van der Waals surface area contributed by atoms with Crippen LogP contribution in [0.4, 0.5) is 11.4 Å². The smallest absolute Gasteiger partial charge is 0.274 e. The van der Waals surface area contributed by atoms with Crippen molar-refractivity contribution in [2.24, 2.45) is 0 Å². The van der Waals surface area contributed by atoms with Gasteiger partial charge in [-0.25, -0.2) is 0 Å². The van der Waals surface area contributed by atoms with Crippen LogP contribution in [0.2, 0.25) is 0 Å². The van der Waals surface area contributed by atoms with Gasteiger partial charge in [0.05, 0.1) is 18.4 Å². The summed E-state index contributed by atoms with van der Waals surface area (Å²) in [6.07, 6.45) is 6.68. The highest BCUT2D eigenvalue weighted by atomic mass is 16.1. The first-order chi connectivity index (χ1) is 11.6. The Labute approximate surface area is 138 Å². The first kappa shape index (κ1) is 15.4. The number of carbonyl (C=O) groups excluding carboxylic acids is 1. The molecule has 0 aliphatic rings. The van der Waals surface area contributed by atoms with Crippen molar-refractivity contribution in [1.82, 2.24) is 14.8 Å². The lowest BCUT2D eigenvalue weighted by atomic mass is 10.1. The number of anilines is 2. The molecule has 0 spiro atoms. The third-order valence-corrected chi connectivity index (χ3v) is 3.44. The summed E-state index contributed by atoms with van der Waals surface area (Å²) in [6, 6.07) is 10.6. The van der Waals surface area contributed by atoms with E-state index in [4.69, 9.17) is 11.1 Å². The van der Waals surface area contributed by atoms with Gasteiger partial charge in [-0.15, -0.1) is 0 Å². The molecule has 0 aliphatic carbocycles. The lowest BCUT2D eigenvalue weighted by molar-refractivity contribution is -0.110. The van der Waals surface area contributed by atoms with Gasteiger partial charge < -0.3 is 11.1 Å². The van der Waals surface area contributed by atoms with Gasteiger partial charge in [0.1, 0.15) is 5.71 Å². The SMILES string of the molecule is N=C(C(=O)Nc1cnn(Cc2ccncc2)c1)c1ccccc1N. The predicted octanol–water partition coefficient (Wildman–Crippen LogP) is 1.92. The fraction of sp³-hybridized carbons (Fsp3) is 0.0588. The standard InChI is InChI=1S/C17H16N6O/c18-15-4-2-1-3-14(15)16(19)17(24)22-13-9-21-23(11-13)10-12-5-7-20-8-6-12/h1-9,11,19H,10,18H2,(H,22,24). The fourth-order valence-electron chi connectivity index (χ4n) is 2.23. The van der Waals surface area contributed by atoms with Crippen molar-refractivity contribution in [2.45, 2.75) is 6.54 Å². The highest BCUT2D eigenvalue weighted by molar-refractivity contribution is 6.48. The van der Waals surface area contributed by atoms with Gasteiger partial charge in [0.15, 0.2) is 0 Å². The van der Waals surface area contributed by atoms with Crippen molar-refractivity contribution in [1.29, 1.82) is 5.41 Å². The summed E-state index contributed by atoms with van der Waals surface area (Å²) in [5, 5.41) is 14.8. The summed E-state index contributed by atoms with van der Waals surface area (Å²) >= 11 is 0. The van der Waals surface area contributed by atoms with Gasteiger partial charge in [0.2, 0.25) is 0 Å². The molecule has 3 aromatic rings. The molecule has 24 heavy (non-hydrogen) atoms. The molecule has 4 N–H and O–H groups in total. The number of rotatable bonds is 5. The number of nitrogen functional groups attached to an aromatic ring is 1. The van der Waals surface area contributed by atoms with E-state index in [0.29, 0.717) is 23.5 Å². The molecule has 0 radical (unpaired) electrons. The molecule has 0 aliphatic heterocycles. The van der Waals surface area contributed by atoms with E-state index in [1.54, 1.807) is 53.7 Å². The zero-order valence-electron chi connectivity index (χ0n) is 12.8. The number of nitrogens with zero attached hydrogens (tertiary/aromatic N) is 3. The lowest BCUT2D eigenvalue weighted by Gasteiger charge is -2.07. The average molecular weight is 320 g/mol. The Morgan fingerprint density at radius 3 is 2.71 bits per heavy atom. The average Bonchev–Trinajstić information content (AvgIpc) is 3.02. The van der Waals surface area contributed by atoms with Gasteiger partial charge in [0.25, 0.3) is 5.91 Å². The number of aromatic nitrogens is 3. The maximum absolute atomic E-state index is 12.2. The number of hydrogen-bond acceptors (Lipinski definition) is 5. The van der Waals surface area contributed by atoms with E-state index in [1.807, 2.05) is 12.1 Å². The van der Waals surface area contributed by atoms with E-state index >= 15 is 0 Å². The Balaban J connectivity index is 1.67. The molecule has 1 aromatic carbocycles. The molecule has 0 fully saturated rings. The van der Waals surface area contributed by atoms with E-state index in [0.717, 1.165) is 5.56 Å². The van der Waals surface area contributed by atoms with Crippen LogP contribution < -0.4 is 11.1 Å². The third-order valence-electron chi connectivity index (χ3n) is 3.44. The minimum absolute atomic E-state index is 0.185. The second-order valence-electron chi connectivity index (χ2n) is 5.20. The number of hydrogen-bond donors (Lipinski definition) is 3. The summed E-state index contributed by atoms with van der Waals surface area (Å²) in [5.74, 6) is -0.531. The van der Waals surface area contributed by atoms with Gasteiger partial charge in [0, 0.05) is 29.8 Å². The third kappa shape index (κ3) is 3.46. The van der Waals surface area contributed by atoms with Crippen LogP contribution >= 0.6 is 0 Å². The molecule has 0 unspecified atom stereocenters. The Morgan fingerprint density at radius 1 is 1.21 bits per heavy atom. The number of nitrogens with one attached hydrogen (secondary N) is 2. The molecule has 3 rings (SSSR count). The van der Waals surface area contributed by atoms with Crippen LogP contribution in [0.5, 0.6) is 0 Å². The van der Waals surface area contributed by atoms with Crippen molar-refractivity contribution < 1.29 is 4.79 Å². The van der Waals surface area contributed by atoms with Crippen LogP contribution in [0.1, 0.15) is 11.1 Å². The zero-order valence-corrected chi connectivity index (χ0v) is 12.8. The second-order valence-corrected chi connectivity index (χ2v) is 5.20. The largest absolute Gasteiger partial charge is 0.398 e. The highest BCUT2D eigenvalue weighted by Crippen LogP contribution is 2.13. The van der Waals surface area contributed by atoms with Gasteiger partial charge in [-0.05, 0) is 23.8 Å². The van der Waals surface area contributed by atoms with Crippen LogP contribution in [0.25, 0.3) is 0 Å². The maximum Gasteiger partial charge on any atom is 0.274 e. The zero-order chi connectivity index (χ0) is 16.9. The minimum Gasteiger partial charge on any atom is -0.398 e. The lowest BCUT2D eigenvalue weighted by Crippen LogP contribution is -2.23. The van der Waals surface area contributed by atoms with Crippen molar-refractivity contribution in [2.75, 3.05) is 11.1 Å². The Hall–Kier alpha value is -3.48. The molecule has 0 saturated heterocycles. The first-order valence-electron chi connectivity index (χ1n) is 7.29. The molecule has 7 nitrogen and oxygen atoms in total. The highest BCUT2D eigenvalue weighted by Gasteiger charge is 2.15. The molecular weight excluding hydrogens is 304 g/mol. The van der Waals surface area contributed by atoms with Crippen molar-refractivity contribution >= 4 is 23.0 Å². The monoisotopic (exact) mass is 320 g/mol. The summed E-state index contributed by atoms with van der Waals surface area (Å²) < 4.78 is 1.70. The molecule has 2 heterocycles. The van der Waals surface area contributed by atoms with Gasteiger partial charge in [-0.2, -0.15) is 5.10 Å². The van der Waals surface area contributed by atoms with Crippen molar-refractivity contribution in [3.63, 3.8) is 0 Å². The van der Waals surface area contributed by atoms with Crippen LogP contribution in [-0.4, -0.2) is 26.4 Å². The van der Waals surface area contributed by atoms with Gasteiger partial charge in [-0.3, -0.25) is 19.9 Å². The maximum atomic E-state index is 12.2. The van der Waals surface area contributed by atoms with Gasteiger partial charge in [-0.1, -0.05) is 18.2 Å². The van der Waals surface area contributed by atoms with Crippen LogP contribution in [-0.2, 0) is 11.3 Å². The summed E-state index contributed by atoms with van der Waals surface area (Å²) in [4.78, 5) is 16.2. The van der Waals surface area contributed by atoms with E-state index in [9.17, 15) is 4.79 Å². The van der Waals surface area contributed by atoms with E-state index in [1.165, 1.54) is 0 Å².